The predicted octanol–water partition coefficient (Wildman–Crippen LogP) is -2.57. The number of aliphatic hydroxyl groups excluding tert-OH is 1. The molecule has 1 aliphatic carbocycles. The van der Waals surface area contributed by atoms with Crippen LogP contribution in [0.4, 0.5) is 4.39 Å². The van der Waals surface area contributed by atoms with Crippen LogP contribution in [0.15, 0.2) is 54.6 Å². The first-order valence-corrected chi connectivity index (χ1v) is 13.7. The summed E-state index contributed by atoms with van der Waals surface area (Å²) >= 11 is 0. The molecule has 1 unspecified atom stereocenters. The van der Waals surface area contributed by atoms with Crippen LogP contribution < -0.4 is 69.1 Å². The number of nitrogens with zero attached hydrogens (tertiary/aromatic N) is 1. The van der Waals surface area contributed by atoms with Crippen LogP contribution in [-0.4, -0.2) is 34.5 Å². The summed E-state index contributed by atoms with van der Waals surface area (Å²) < 4.78 is 26.5. The van der Waals surface area contributed by atoms with Gasteiger partial charge in [0.1, 0.15) is 5.82 Å². The van der Waals surface area contributed by atoms with Crippen LogP contribution in [0.5, 0.6) is 0 Å². The Labute approximate surface area is 260 Å². The molecule has 1 aliphatic rings. The second kappa shape index (κ2) is 14.0. The molecule has 2 atom stereocenters. The number of halogens is 1. The molecule has 10 heteroatoms. The molecule has 0 amide bonds. The van der Waals surface area contributed by atoms with Crippen LogP contribution in [0.3, 0.4) is 0 Å². The van der Waals surface area contributed by atoms with Gasteiger partial charge in [-0.3, -0.25) is 4.98 Å². The van der Waals surface area contributed by atoms with E-state index in [9.17, 15) is 28.9 Å². The Hall–Kier alpha value is -0.860. The maximum Gasteiger partial charge on any atom is 1.00 e. The number of aromatic nitrogens is 1. The zero-order chi connectivity index (χ0) is 25.2. The van der Waals surface area contributed by atoms with Gasteiger partial charge in [0.05, 0.1) is 11.8 Å². The van der Waals surface area contributed by atoms with Crippen molar-refractivity contribution in [2.45, 2.75) is 44.6 Å². The van der Waals surface area contributed by atoms with E-state index in [1.165, 1.54) is 12.1 Å². The van der Waals surface area contributed by atoms with E-state index in [0.29, 0.717) is 0 Å². The van der Waals surface area contributed by atoms with E-state index in [4.69, 9.17) is 4.98 Å². The van der Waals surface area contributed by atoms with E-state index >= 15 is 0 Å². The van der Waals surface area contributed by atoms with Crippen LogP contribution >= 0.6 is 7.37 Å². The summed E-state index contributed by atoms with van der Waals surface area (Å²) in [5.41, 5.74) is 5.91. The third kappa shape index (κ3) is 8.56. The van der Waals surface area contributed by atoms with E-state index in [1.54, 1.807) is 12.1 Å². The molecule has 1 saturated carbocycles. The van der Waals surface area contributed by atoms with Gasteiger partial charge in [0.15, 0.2) is 0 Å². The Bertz CT molecular complexity index is 1270. The SMILES string of the molecule is Cc1c(-c2ccccc2)nc(C2CC2)c(CCP(=O)([O-])C[C@H](O)CC(=O)[O-])c1-c1ccc(F)cc1.[Na+].[Na+]. The number of hydrogen-bond donors (Lipinski definition) is 1. The second-order valence-electron chi connectivity index (χ2n) is 9.17. The Kier molecular flexibility index (Phi) is 12.2. The van der Waals surface area contributed by atoms with Gasteiger partial charge in [0.2, 0.25) is 0 Å². The molecule has 0 aliphatic heterocycles. The topological polar surface area (TPSA) is 113 Å². The summed E-state index contributed by atoms with van der Waals surface area (Å²) in [6.07, 6.45) is -1.02. The summed E-state index contributed by atoms with van der Waals surface area (Å²) in [7, 11) is -4.08. The number of hydrogen-bond acceptors (Lipinski definition) is 6. The molecule has 1 aromatic heterocycles. The summed E-state index contributed by atoms with van der Waals surface area (Å²) in [4.78, 5) is 28.5. The Morgan fingerprint density at radius 1 is 1.11 bits per heavy atom. The smallest absolute Gasteiger partial charge is 0.799 e. The standard InChI is InChI=1S/C27H29FNO5P.2Na/c1-17-25(18-9-11-21(28)12-10-18)23(13-14-35(33,34)16-22(30)15-24(31)32)27(20-7-8-20)29-26(17)19-5-3-2-4-6-19;;/h2-6,9-12,20,22,30H,7-8,13-16H2,1H3,(H,31,32)(H,33,34);;/q;2*+1/p-2/t22-;;/m1../s1. The van der Waals surface area contributed by atoms with Crippen molar-refractivity contribution in [2.24, 2.45) is 0 Å². The molecule has 0 bridgehead atoms. The van der Waals surface area contributed by atoms with Crippen molar-refractivity contribution in [3.8, 4) is 22.4 Å². The average molecular weight is 541 g/mol. The summed E-state index contributed by atoms with van der Waals surface area (Å²) in [5.74, 6) is -1.64. The number of carboxylic acids is 1. The van der Waals surface area contributed by atoms with Gasteiger partial charge in [-0.25, -0.2) is 4.39 Å². The molecule has 0 radical (unpaired) electrons. The number of carbonyl (C=O) groups excluding carboxylic acids is 1. The first-order chi connectivity index (χ1) is 16.6. The molecular weight excluding hydrogens is 514 g/mol. The minimum atomic E-state index is -4.08. The van der Waals surface area contributed by atoms with E-state index in [2.05, 4.69) is 0 Å². The molecule has 6 nitrogen and oxygen atoms in total. The normalized spacial score (nSPS) is 15.1. The molecular formula is C27H27FNNa2O5P. The van der Waals surface area contributed by atoms with Crippen molar-refractivity contribution in [3.63, 3.8) is 0 Å². The van der Waals surface area contributed by atoms with Crippen molar-refractivity contribution in [1.29, 1.82) is 0 Å². The van der Waals surface area contributed by atoms with E-state index in [1.807, 2.05) is 37.3 Å². The zero-order valence-electron chi connectivity index (χ0n) is 21.4. The van der Waals surface area contributed by atoms with Gasteiger partial charge in [-0.05, 0) is 66.7 Å². The second-order valence-corrected chi connectivity index (χ2v) is 11.6. The molecule has 3 aromatic rings. The van der Waals surface area contributed by atoms with Crippen LogP contribution in [0, 0.1) is 12.7 Å². The van der Waals surface area contributed by atoms with Crippen molar-refractivity contribution >= 4 is 13.3 Å². The van der Waals surface area contributed by atoms with Gasteiger partial charge < -0.3 is 24.5 Å². The molecule has 0 saturated heterocycles. The van der Waals surface area contributed by atoms with Crippen molar-refractivity contribution < 1.29 is 88.0 Å². The van der Waals surface area contributed by atoms with Gasteiger partial charge in [-0.2, -0.15) is 0 Å². The van der Waals surface area contributed by atoms with E-state index in [0.717, 1.165) is 52.0 Å². The van der Waals surface area contributed by atoms with E-state index in [-0.39, 0.29) is 83.4 Å². The summed E-state index contributed by atoms with van der Waals surface area (Å²) in [5, 5.41) is 20.5. The average Bonchev–Trinajstić information content (AvgIpc) is 3.63. The zero-order valence-corrected chi connectivity index (χ0v) is 26.3. The van der Waals surface area contributed by atoms with Crippen LogP contribution in [0.1, 0.15) is 42.0 Å². The molecule has 37 heavy (non-hydrogen) atoms. The fourth-order valence-electron chi connectivity index (χ4n) is 4.53. The molecule has 1 heterocycles. The minimum Gasteiger partial charge on any atom is -0.799 e. The molecule has 1 N–H and O–H groups in total. The largest absolute Gasteiger partial charge is 1.00 e. The monoisotopic (exact) mass is 541 g/mol. The van der Waals surface area contributed by atoms with Crippen molar-refractivity contribution in [3.05, 3.63) is 77.2 Å². The minimum absolute atomic E-state index is 0. The van der Waals surface area contributed by atoms with Crippen LogP contribution in [-0.2, 0) is 15.8 Å². The van der Waals surface area contributed by atoms with E-state index < -0.39 is 32.0 Å². The molecule has 0 spiro atoms. The molecule has 2 aromatic carbocycles. The molecule has 184 valence electrons. The number of benzene rings is 2. The quantitative estimate of drug-likeness (QED) is 0.223. The molecule has 1 fully saturated rings. The molecule has 4 rings (SSSR count). The Morgan fingerprint density at radius 2 is 1.73 bits per heavy atom. The fraction of sp³-hybridized carbons (Fsp3) is 0.333. The van der Waals surface area contributed by atoms with Gasteiger partial charge in [0, 0.05) is 43.1 Å². The number of aliphatic carboxylic acids is 1. The van der Waals surface area contributed by atoms with Crippen LogP contribution in [0.25, 0.3) is 22.4 Å². The van der Waals surface area contributed by atoms with Gasteiger partial charge in [0.25, 0.3) is 0 Å². The van der Waals surface area contributed by atoms with Gasteiger partial charge in [-0.15, -0.1) is 0 Å². The number of carbonyl (C=O) groups is 1. The first kappa shape index (κ1) is 32.4. The fourth-order valence-corrected chi connectivity index (χ4v) is 6.05. The Morgan fingerprint density at radius 3 is 2.30 bits per heavy atom. The summed E-state index contributed by atoms with van der Waals surface area (Å²) in [6.45, 7) is 1.94. The van der Waals surface area contributed by atoms with Gasteiger partial charge in [-0.1, -0.05) is 42.5 Å². The maximum atomic E-state index is 13.7. The number of pyridine rings is 1. The van der Waals surface area contributed by atoms with Crippen LogP contribution in [0.2, 0.25) is 0 Å². The number of aliphatic hydroxyl groups is 1. The predicted molar refractivity (Wildman–Crippen MR) is 128 cm³/mol. The maximum absolute atomic E-state index is 13.7. The number of carboxylic acid groups (broad SMARTS) is 1. The van der Waals surface area contributed by atoms with Gasteiger partial charge >= 0.3 is 59.1 Å². The third-order valence-corrected chi connectivity index (χ3v) is 8.19. The summed E-state index contributed by atoms with van der Waals surface area (Å²) in [6, 6.07) is 15.9. The number of rotatable bonds is 10. The van der Waals surface area contributed by atoms with Crippen molar-refractivity contribution in [2.75, 3.05) is 12.3 Å². The third-order valence-electron chi connectivity index (χ3n) is 6.31. The first-order valence-electron chi connectivity index (χ1n) is 11.7. The van der Waals surface area contributed by atoms with Crippen molar-refractivity contribution in [1.82, 2.24) is 4.98 Å². The Balaban J connectivity index is 0.00000241.